The quantitative estimate of drug-likeness (QED) is 0.708. The first-order valence-corrected chi connectivity index (χ1v) is 4.57. The molecule has 2 heterocycles. The maximum absolute atomic E-state index is 11.0. The number of carbonyl (C=O) groups excluding carboxylic acids is 1. The summed E-state index contributed by atoms with van der Waals surface area (Å²) in [6.07, 6.45) is 0.656. The number of hydrogen-bond donors (Lipinski definition) is 1. The Kier molecular flexibility index (Phi) is 2.25. The number of anilines is 1. The highest BCUT2D eigenvalue weighted by molar-refractivity contribution is 6.31. The SMILES string of the molecule is CCc1nc(Cl)c2c(n1)NC(=O)CO2. The number of halogens is 1. The average Bonchev–Trinajstić information content (AvgIpc) is 2.16. The van der Waals surface area contributed by atoms with E-state index in [0.29, 0.717) is 23.8 Å². The van der Waals surface area contributed by atoms with Crippen LogP contribution in [0.2, 0.25) is 5.15 Å². The lowest BCUT2D eigenvalue weighted by atomic mass is 10.4. The number of aromatic nitrogens is 2. The molecule has 1 amide bonds. The second kappa shape index (κ2) is 3.42. The predicted octanol–water partition coefficient (Wildman–Crippen LogP) is 1.02. The summed E-state index contributed by atoms with van der Waals surface area (Å²) in [6, 6.07) is 0. The van der Waals surface area contributed by atoms with Gasteiger partial charge in [0.2, 0.25) is 0 Å². The van der Waals surface area contributed by atoms with Crippen LogP contribution in [0.1, 0.15) is 12.7 Å². The first kappa shape index (κ1) is 9.21. The summed E-state index contributed by atoms with van der Waals surface area (Å²) in [4.78, 5) is 19.1. The highest BCUT2D eigenvalue weighted by Crippen LogP contribution is 2.32. The van der Waals surface area contributed by atoms with Crippen molar-refractivity contribution in [2.24, 2.45) is 0 Å². The summed E-state index contributed by atoms with van der Waals surface area (Å²) in [5.41, 5.74) is 0. The monoisotopic (exact) mass is 213 g/mol. The lowest BCUT2D eigenvalue weighted by Gasteiger charge is -2.17. The molecule has 5 nitrogen and oxygen atoms in total. The molecule has 0 atom stereocenters. The highest BCUT2D eigenvalue weighted by Gasteiger charge is 2.21. The number of carbonyl (C=O) groups is 1. The van der Waals surface area contributed by atoms with Gasteiger partial charge in [0.1, 0.15) is 5.82 Å². The van der Waals surface area contributed by atoms with E-state index in [9.17, 15) is 4.79 Å². The molecule has 1 aliphatic rings. The third-order valence-corrected chi connectivity index (χ3v) is 2.05. The fourth-order valence-corrected chi connectivity index (χ4v) is 1.38. The molecule has 0 aliphatic carbocycles. The van der Waals surface area contributed by atoms with E-state index >= 15 is 0 Å². The summed E-state index contributed by atoms with van der Waals surface area (Å²) in [5, 5.41) is 2.82. The van der Waals surface area contributed by atoms with Crippen LogP contribution in [0.15, 0.2) is 0 Å². The zero-order chi connectivity index (χ0) is 10.1. The number of aryl methyl sites for hydroxylation is 1. The van der Waals surface area contributed by atoms with E-state index in [0.717, 1.165) is 0 Å². The Hall–Kier alpha value is -1.36. The van der Waals surface area contributed by atoms with Gasteiger partial charge < -0.3 is 10.1 Å². The third kappa shape index (κ3) is 1.50. The molecular formula is C8H8ClN3O2. The van der Waals surface area contributed by atoms with Crippen molar-refractivity contribution >= 4 is 23.3 Å². The average molecular weight is 214 g/mol. The van der Waals surface area contributed by atoms with Crippen LogP contribution in [0.3, 0.4) is 0 Å². The minimum atomic E-state index is -0.227. The van der Waals surface area contributed by atoms with E-state index in [4.69, 9.17) is 16.3 Å². The van der Waals surface area contributed by atoms with Gasteiger partial charge in [-0.1, -0.05) is 18.5 Å². The molecule has 14 heavy (non-hydrogen) atoms. The Labute approximate surface area is 85.5 Å². The van der Waals surface area contributed by atoms with Crippen molar-refractivity contribution in [1.29, 1.82) is 0 Å². The number of hydrogen-bond acceptors (Lipinski definition) is 4. The largest absolute Gasteiger partial charge is 0.477 e. The van der Waals surface area contributed by atoms with Gasteiger partial charge in [-0.05, 0) is 0 Å². The Balaban J connectivity index is 2.48. The zero-order valence-corrected chi connectivity index (χ0v) is 8.26. The third-order valence-electron chi connectivity index (χ3n) is 1.79. The lowest BCUT2D eigenvalue weighted by Crippen LogP contribution is -2.27. The van der Waals surface area contributed by atoms with E-state index in [-0.39, 0.29) is 17.7 Å². The molecule has 0 saturated heterocycles. The molecule has 0 aromatic carbocycles. The second-order valence-corrected chi connectivity index (χ2v) is 3.16. The second-order valence-electron chi connectivity index (χ2n) is 2.80. The molecule has 0 unspecified atom stereocenters. The van der Waals surface area contributed by atoms with Gasteiger partial charge in [-0.3, -0.25) is 4.79 Å². The van der Waals surface area contributed by atoms with Crippen molar-refractivity contribution in [1.82, 2.24) is 9.97 Å². The van der Waals surface area contributed by atoms with E-state index in [1.165, 1.54) is 0 Å². The molecular weight excluding hydrogens is 206 g/mol. The van der Waals surface area contributed by atoms with E-state index in [1.807, 2.05) is 6.92 Å². The van der Waals surface area contributed by atoms with Gasteiger partial charge in [0.05, 0.1) is 0 Å². The van der Waals surface area contributed by atoms with Gasteiger partial charge in [0.15, 0.2) is 23.3 Å². The normalized spacial score (nSPS) is 14.3. The van der Waals surface area contributed by atoms with Gasteiger partial charge in [0.25, 0.3) is 5.91 Å². The van der Waals surface area contributed by atoms with E-state index in [2.05, 4.69) is 15.3 Å². The van der Waals surface area contributed by atoms with Gasteiger partial charge in [0, 0.05) is 6.42 Å². The molecule has 1 aromatic rings. The molecule has 1 aliphatic heterocycles. The fourth-order valence-electron chi connectivity index (χ4n) is 1.14. The Morgan fingerprint density at radius 3 is 3.07 bits per heavy atom. The van der Waals surface area contributed by atoms with Crippen molar-refractivity contribution in [2.45, 2.75) is 13.3 Å². The van der Waals surface area contributed by atoms with Crippen LogP contribution in [0.4, 0.5) is 5.82 Å². The highest BCUT2D eigenvalue weighted by atomic mass is 35.5. The van der Waals surface area contributed by atoms with Crippen LogP contribution in [0.5, 0.6) is 5.75 Å². The summed E-state index contributed by atoms with van der Waals surface area (Å²) >= 11 is 5.85. The first-order chi connectivity index (χ1) is 6.70. The van der Waals surface area contributed by atoms with Crippen LogP contribution < -0.4 is 10.1 Å². The van der Waals surface area contributed by atoms with Crippen LogP contribution >= 0.6 is 11.6 Å². The van der Waals surface area contributed by atoms with Crippen LogP contribution in [-0.4, -0.2) is 22.5 Å². The lowest BCUT2D eigenvalue weighted by molar-refractivity contribution is -0.118. The van der Waals surface area contributed by atoms with Crippen molar-refractivity contribution in [3.05, 3.63) is 11.0 Å². The zero-order valence-electron chi connectivity index (χ0n) is 7.50. The first-order valence-electron chi connectivity index (χ1n) is 4.19. The van der Waals surface area contributed by atoms with Crippen LogP contribution in [0.25, 0.3) is 0 Å². The molecule has 1 N–H and O–H groups in total. The molecule has 0 saturated carbocycles. The van der Waals surface area contributed by atoms with Gasteiger partial charge >= 0.3 is 0 Å². The molecule has 1 aromatic heterocycles. The molecule has 0 fully saturated rings. The molecule has 2 rings (SSSR count). The minimum Gasteiger partial charge on any atom is -0.477 e. The van der Waals surface area contributed by atoms with Crippen LogP contribution in [0, 0.1) is 0 Å². The number of fused-ring (bicyclic) bond motifs is 1. The van der Waals surface area contributed by atoms with Gasteiger partial charge in [-0.15, -0.1) is 0 Å². The van der Waals surface area contributed by atoms with E-state index in [1.54, 1.807) is 0 Å². The molecule has 0 spiro atoms. The maximum Gasteiger partial charge on any atom is 0.263 e. The summed E-state index contributed by atoms with van der Waals surface area (Å²) in [7, 11) is 0. The number of rotatable bonds is 1. The number of ether oxygens (including phenoxy) is 1. The van der Waals surface area contributed by atoms with Crippen LogP contribution in [-0.2, 0) is 11.2 Å². The topological polar surface area (TPSA) is 64.1 Å². The standard InChI is InChI=1S/C8H8ClN3O2/c1-2-4-10-7(9)6-8(11-4)12-5(13)3-14-6/h2-3H2,1H3,(H,10,11,12,13). The summed E-state index contributed by atoms with van der Waals surface area (Å²) < 4.78 is 5.10. The van der Waals surface area contributed by atoms with Crippen molar-refractivity contribution in [2.75, 3.05) is 11.9 Å². The smallest absolute Gasteiger partial charge is 0.263 e. The number of amides is 1. The molecule has 74 valence electrons. The summed E-state index contributed by atoms with van der Waals surface area (Å²) in [5.74, 6) is 1.07. The van der Waals surface area contributed by atoms with Crippen molar-refractivity contribution in [3.63, 3.8) is 0 Å². The van der Waals surface area contributed by atoms with Gasteiger partial charge in [-0.25, -0.2) is 9.97 Å². The fraction of sp³-hybridized carbons (Fsp3) is 0.375. The maximum atomic E-state index is 11.0. The van der Waals surface area contributed by atoms with Gasteiger partial charge in [-0.2, -0.15) is 0 Å². The molecule has 0 radical (unpaired) electrons. The Bertz CT molecular complexity index is 394. The predicted molar refractivity (Wildman–Crippen MR) is 50.5 cm³/mol. The minimum absolute atomic E-state index is 0.0401. The Morgan fingerprint density at radius 2 is 2.36 bits per heavy atom. The summed E-state index contributed by atoms with van der Waals surface area (Å²) in [6.45, 7) is 1.87. The number of nitrogens with zero attached hydrogens (tertiary/aromatic N) is 2. The van der Waals surface area contributed by atoms with Crippen molar-refractivity contribution < 1.29 is 9.53 Å². The molecule has 6 heteroatoms. The number of nitrogens with one attached hydrogen (secondary N) is 1. The van der Waals surface area contributed by atoms with Crippen molar-refractivity contribution in [3.8, 4) is 5.75 Å². The molecule has 0 bridgehead atoms. The Morgan fingerprint density at radius 1 is 1.57 bits per heavy atom. The van der Waals surface area contributed by atoms with E-state index < -0.39 is 0 Å².